The molecule has 3 aliphatic rings. The average Bonchev–Trinajstić information content (AvgIpc) is 2.79. The van der Waals surface area contributed by atoms with E-state index in [4.69, 9.17) is 4.74 Å². The maximum Gasteiger partial charge on any atom is 0.337 e. The number of hydrogen-bond acceptors (Lipinski definition) is 5. The molecule has 0 aromatic carbocycles. The molecule has 1 saturated heterocycles. The van der Waals surface area contributed by atoms with Crippen molar-refractivity contribution in [1.29, 1.82) is 0 Å². The molecule has 0 radical (unpaired) electrons. The normalized spacial score (nSPS) is 25.4. The minimum absolute atomic E-state index is 0.106. The largest absolute Gasteiger partial charge is 0.463 e. The Hall–Kier alpha value is -2.38. The molecule has 1 spiro atoms. The predicted octanol–water partition coefficient (Wildman–Crippen LogP) is 1.21. The van der Waals surface area contributed by atoms with Gasteiger partial charge in [0.1, 0.15) is 0 Å². The molecule has 0 aromatic heterocycles. The minimum Gasteiger partial charge on any atom is -0.463 e. The van der Waals surface area contributed by atoms with Crippen molar-refractivity contribution in [2.75, 3.05) is 13.2 Å². The van der Waals surface area contributed by atoms with E-state index in [1.807, 2.05) is 0 Å². The lowest BCUT2D eigenvalue weighted by molar-refractivity contribution is -0.142. The van der Waals surface area contributed by atoms with Gasteiger partial charge >= 0.3 is 12.0 Å². The van der Waals surface area contributed by atoms with Crippen molar-refractivity contribution in [3.8, 4) is 0 Å². The minimum atomic E-state index is -0.595. The zero-order chi connectivity index (χ0) is 18.9. The zero-order valence-corrected chi connectivity index (χ0v) is 15.2. The summed E-state index contributed by atoms with van der Waals surface area (Å²) in [6.07, 6.45) is 4.64. The molecule has 1 atom stereocenters. The topological polar surface area (TPSA) is 105 Å². The number of amides is 4. The maximum atomic E-state index is 13.0. The fourth-order valence-electron chi connectivity index (χ4n) is 4.20. The van der Waals surface area contributed by atoms with Crippen molar-refractivity contribution in [2.45, 2.75) is 58.4 Å². The van der Waals surface area contributed by atoms with Gasteiger partial charge in [0.2, 0.25) is 11.8 Å². The van der Waals surface area contributed by atoms with Gasteiger partial charge in [0, 0.05) is 6.42 Å². The quantitative estimate of drug-likeness (QED) is 0.577. The number of likely N-dealkylation sites (tertiary alicyclic amines) is 1. The van der Waals surface area contributed by atoms with E-state index >= 15 is 0 Å². The van der Waals surface area contributed by atoms with Crippen LogP contribution in [0.3, 0.4) is 0 Å². The molecule has 4 amide bonds. The molecule has 0 aromatic rings. The van der Waals surface area contributed by atoms with Gasteiger partial charge in [-0.05, 0) is 26.7 Å². The highest BCUT2D eigenvalue weighted by atomic mass is 16.5. The number of carbonyl (C=O) groups is 4. The summed E-state index contributed by atoms with van der Waals surface area (Å²) < 4.78 is 5.07. The molecule has 2 aliphatic heterocycles. The van der Waals surface area contributed by atoms with E-state index in [9.17, 15) is 19.2 Å². The summed E-state index contributed by atoms with van der Waals surface area (Å²) in [7, 11) is 0. The number of esters is 1. The third kappa shape index (κ3) is 3.20. The van der Waals surface area contributed by atoms with Crippen LogP contribution in [-0.4, -0.2) is 47.9 Å². The standard InChI is InChI=1S/C18H25N3O5/c1-3-26-15(23)14-11(2)19-17(25)20-12(14)10-21-13(22)9-18(16(21)24)7-5-4-6-8-18/h11H,3-10H2,1-2H3,(H2,19,20,25). The summed E-state index contributed by atoms with van der Waals surface area (Å²) in [5.41, 5.74) is -0.0893. The van der Waals surface area contributed by atoms with Crippen LogP contribution in [0.4, 0.5) is 4.79 Å². The van der Waals surface area contributed by atoms with Gasteiger partial charge in [0.15, 0.2) is 0 Å². The van der Waals surface area contributed by atoms with Crippen LogP contribution in [-0.2, 0) is 19.1 Å². The van der Waals surface area contributed by atoms with Crippen LogP contribution in [0.5, 0.6) is 0 Å². The van der Waals surface area contributed by atoms with Crippen molar-refractivity contribution in [1.82, 2.24) is 15.5 Å². The lowest BCUT2D eigenvalue weighted by Gasteiger charge is -2.32. The smallest absolute Gasteiger partial charge is 0.337 e. The third-order valence-corrected chi connectivity index (χ3v) is 5.48. The van der Waals surface area contributed by atoms with Gasteiger partial charge in [0.05, 0.1) is 35.9 Å². The average molecular weight is 363 g/mol. The van der Waals surface area contributed by atoms with Gasteiger partial charge in [-0.25, -0.2) is 9.59 Å². The van der Waals surface area contributed by atoms with Crippen LogP contribution in [0.15, 0.2) is 11.3 Å². The van der Waals surface area contributed by atoms with Gasteiger partial charge in [0.25, 0.3) is 0 Å². The summed E-state index contributed by atoms with van der Waals surface area (Å²) in [6, 6.07) is -1.03. The first kappa shape index (κ1) is 18.4. The Morgan fingerprint density at radius 2 is 1.92 bits per heavy atom. The van der Waals surface area contributed by atoms with Crippen LogP contribution >= 0.6 is 0 Å². The Morgan fingerprint density at radius 3 is 2.58 bits per heavy atom. The summed E-state index contributed by atoms with van der Waals surface area (Å²) in [5.74, 6) is -0.986. The zero-order valence-electron chi connectivity index (χ0n) is 15.2. The fraction of sp³-hybridized carbons (Fsp3) is 0.667. The van der Waals surface area contributed by atoms with E-state index in [0.29, 0.717) is 0 Å². The summed E-state index contributed by atoms with van der Waals surface area (Å²) in [6.45, 7) is 3.45. The van der Waals surface area contributed by atoms with Gasteiger partial charge < -0.3 is 15.4 Å². The van der Waals surface area contributed by atoms with E-state index in [1.165, 1.54) is 4.90 Å². The molecule has 26 heavy (non-hydrogen) atoms. The van der Waals surface area contributed by atoms with Gasteiger partial charge in [-0.15, -0.1) is 0 Å². The molecule has 0 bridgehead atoms. The molecule has 2 heterocycles. The Kier molecular flexibility index (Phi) is 5.02. The molecule has 1 aliphatic carbocycles. The molecule has 1 unspecified atom stereocenters. The van der Waals surface area contributed by atoms with Crippen molar-refractivity contribution in [3.63, 3.8) is 0 Å². The fourth-order valence-corrected chi connectivity index (χ4v) is 4.20. The van der Waals surface area contributed by atoms with E-state index in [0.717, 1.165) is 32.1 Å². The number of hydrogen-bond donors (Lipinski definition) is 2. The second-order valence-electron chi connectivity index (χ2n) is 7.24. The SMILES string of the molecule is CCOC(=O)C1=C(CN2C(=O)CC3(CCCCC3)C2=O)NC(=O)NC1C. The number of nitrogens with one attached hydrogen (secondary N) is 2. The molecule has 142 valence electrons. The number of carbonyl (C=O) groups excluding carboxylic acids is 4. The summed E-state index contributed by atoms with van der Waals surface area (Å²) >= 11 is 0. The number of nitrogens with zero attached hydrogens (tertiary/aromatic N) is 1. The predicted molar refractivity (Wildman–Crippen MR) is 91.6 cm³/mol. The second kappa shape index (κ2) is 7.09. The van der Waals surface area contributed by atoms with E-state index in [1.54, 1.807) is 13.8 Å². The number of imide groups is 1. The molecular weight excluding hydrogens is 338 g/mol. The van der Waals surface area contributed by atoms with Crippen molar-refractivity contribution < 1.29 is 23.9 Å². The van der Waals surface area contributed by atoms with Crippen LogP contribution in [0.1, 0.15) is 52.4 Å². The van der Waals surface area contributed by atoms with Crippen LogP contribution < -0.4 is 10.6 Å². The van der Waals surface area contributed by atoms with Crippen molar-refractivity contribution in [3.05, 3.63) is 11.3 Å². The van der Waals surface area contributed by atoms with E-state index in [2.05, 4.69) is 10.6 Å². The second-order valence-corrected chi connectivity index (χ2v) is 7.24. The molecule has 8 nitrogen and oxygen atoms in total. The molecule has 2 fully saturated rings. The number of ether oxygens (including phenoxy) is 1. The first-order valence-electron chi connectivity index (χ1n) is 9.20. The number of urea groups is 1. The highest BCUT2D eigenvalue weighted by Gasteiger charge is 2.51. The third-order valence-electron chi connectivity index (χ3n) is 5.48. The van der Waals surface area contributed by atoms with E-state index < -0.39 is 23.5 Å². The Labute approximate surface area is 152 Å². The summed E-state index contributed by atoms with van der Waals surface area (Å²) in [5, 5.41) is 5.18. The molecule has 8 heteroatoms. The first-order valence-corrected chi connectivity index (χ1v) is 9.20. The molecule has 2 N–H and O–H groups in total. The molecule has 1 saturated carbocycles. The van der Waals surface area contributed by atoms with Crippen LogP contribution in [0.25, 0.3) is 0 Å². The van der Waals surface area contributed by atoms with Crippen LogP contribution in [0.2, 0.25) is 0 Å². The lowest BCUT2D eigenvalue weighted by atomic mass is 9.73. The molecule has 3 rings (SSSR count). The Bertz CT molecular complexity index is 678. The maximum absolute atomic E-state index is 13.0. The Morgan fingerprint density at radius 1 is 1.23 bits per heavy atom. The summed E-state index contributed by atoms with van der Waals surface area (Å²) in [4.78, 5) is 50.8. The van der Waals surface area contributed by atoms with Gasteiger partial charge in [-0.1, -0.05) is 19.3 Å². The van der Waals surface area contributed by atoms with Gasteiger partial charge in [-0.2, -0.15) is 0 Å². The van der Waals surface area contributed by atoms with Crippen molar-refractivity contribution in [2.24, 2.45) is 5.41 Å². The highest BCUT2D eigenvalue weighted by molar-refractivity contribution is 6.06. The Balaban J connectivity index is 1.88. The van der Waals surface area contributed by atoms with Crippen molar-refractivity contribution >= 4 is 23.8 Å². The highest BCUT2D eigenvalue weighted by Crippen LogP contribution is 2.45. The van der Waals surface area contributed by atoms with Crippen LogP contribution in [0, 0.1) is 5.41 Å². The van der Waals surface area contributed by atoms with Gasteiger partial charge in [-0.3, -0.25) is 14.5 Å². The lowest BCUT2D eigenvalue weighted by Crippen LogP contribution is -2.52. The number of rotatable bonds is 4. The van der Waals surface area contributed by atoms with E-state index in [-0.39, 0.29) is 42.7 Å². The first-order chi connectivity index (χ1) is 12.4. The molecular formula is C18H25N3O5. The monoisotopic (exact) mass is 363 g/mol.